The Balaban J connectivity index is 2.64. The lowest BCUT2D eigenvalue weighted by Crippen LogP contribution is -2.05. The monoisotopic (exact) mass is 212 g/mol. The normalized spacial score (nSPS) is 13.6. The topological polar surface area (TPSA) is 0 Å². The van der Waals surface area contributed by atoms with Gasteiger partial charge in [0.25, 0.3) is 0 Å². The highest BCUT2D eigenvalue weighted by atomic mass is 14.2. The van der Waals surface area contributed by atoms with Crippen molar-refractivity contribution in [1.82, 2.24) is 0 Å². The van der Waals surface area contributed by atoms with E-state index in [1.807, 2.05) is 6.08 Å². The molecule has 0 amide bonds. The van der Waals surface area contributed by atoms with Gasteiger partial charge < -0.3 is 0 Å². The molecule has 0 heterocycles. The van der Waals surface area contributed by atoms with Gasteiger partial charge in [-0.1, -0.05) is 44.2 Å². The van der Waals surface area contributed by atoms with Crippen molar-refractivity contribution in [2.24, 2.45) is 0 Å². The number of fused-ring (bicyclic) bond motifs is 1. The highest BCUT2D eigenvalue weighted by Gasteiger charge is 2.14. The minimum atomic E-state index is 1.18. The summed E-state index contributed by atoms with van der Waals surface area (Å²) in [5.74, 6) is 0. The molecule has 0 N–H and O–H groups in total. The van der Waals surface area contributed by atoms with Gasteiger partial charge >= 0.3 is 0 Å². The smallest absolute Gasteiger partial charge is 0.0198 e. The Morgan fingerprint density at radius 3 is 2.94 bits per heavy atom. The number of hydrogen-bond donors (Lipinski definition) is 0. The fourth-order valence-corrected chi connectivity index (χ4v) is 2.67. The van der Waals surface area contributed by atoms with E-state index in [-0.39, 0.29) is 0 Å². The molecule has 0 atom stereocenters. The van der Waals surface area contributed by atoms with Crippen LogP contribution in [0.2, 0.25) is 0 Å². The number of rotatable bonds is 3. The molecule has 1 aromatic rings. The molecule has 0 nitrogen and oxygen atoms in total. The second-order valence-electron chi connectivity index (χ2n) is 4.55. The van der Waals surface area contributed by atoms with Gasteiger partial charge in [-0.2, -0.15) is 0 Å². The minimum absolute atomic E-state index is 1.18. The quantitative estimate of drug-likeness (QED) is 0.689. The van der Waals surface area contributed by atoms with E-state index in [4.69, 9.17) is 0 Å². The average Bonchev–Trinajstić information content (AvgIpc) is 2.29. The van der Waals surface area contributed by atoms with Crippen LogP contribution in [-0.4, -0.2) is 0 Å². The van der Waals surface area contributed by atoms with Crippen LogP contribution in [0.3, 0.4) is 0 Å². The Bertz CT molecular complexity index is 436. The molecule has 0 fully saturated rings. The molecule has 1 aliphatic carbocycles. The van der Waals surface area contributed by atoms with Crippen molar-refractivity contribution in [3.8, 4) is 0 Å². The van der Waals surface area contributed by atoms with Crippen molar-refractivity contribution in [1.29, 1.82) is 0 Å². The summed E-state index contributed by atoms with van der Waals surface area (Å²) >= 11 is 0. The molecule has 2 rings (SSSR count). The van der Waals surface area contributed by atoms with Crippen molar-refractivity contribution >= 4 is 12.2 Å². The van der Waals surface area contributed by atoms with Gasteiger partial charge in [-0.05, 0) is 54.0 Å². The Morgan fingerprint density at radius 1 is 1.44 bits per heavy atom. The van der Waals surface area contributed by atoms with Crippen molar-refractivity contribution in [2.45, 2.75) is 39.5 Å². The van der Waals surface area contributed by atoms with E-state index < -0.39 is 0 Å². The molecule has 0 heteroatoms. The van der Waals surface area contributed by atoms with Gasteiger partial charge in [0, 0.05) is 0 Å². The zero-order valence-electron chi connectivity index (χ0n) is 10.3. The van der Waals surface area contributed by atoms with Crippen molar-refractivity contribution in [3.63, 3.8) is 0 Å². The molecule has 1 aromatic carbocycles. The number of hydrogen-bond acceptors (Lipinski definition) is 0. The predicted octanol–water partition coefficient (Wildman–Crippen LogP) is 4.55. The zero-order chi connectivity index (χ0) is 11.5. The van der Waals surface area contributed by atoms with Gasteiger partial charge in [-0.3, -0.25) is 0 Å². The standard InChI is InChI=1S/C16H20/c1-4-8-16-14(5-2)12(3)11-13-9-6-7-10-15(13)16/h5-6,9,11H,2,4,7-8,10H2,1,3H3. The number of allylic oxidation sites excluding steroid dienone is 1. The highest BCUT2D eigenvalue weighted by Crippen LogP contribution is 2.30. The fraction of sp³-hybridized carbons (Fsp3) is 0.375. The third-order valence-corrected chi connectivity index (χ3v) is 3.40. The van der Waals surface area contributed by atoms with E-state index in [1.54, 1.807) is 5.56 Å². The van der Waals surface area contributed by atoms with Crippen LogP contribution in [0.15, 0.2) is 18.7 Å². The van der Waals surface area contributed by atoms with Crippen molar-refractivity contribution in [3.05, 3.63) is 46.5 Å². The lowest BCUT2D eigenvalue weighted by atomic mass is 9.85. The number of benzene rings is 1. The van der Waals surface area contributed by atoms with Crippen LogP contribution < -0.4 is 0 Å². The molecule has 0 unspecified atom stereocenters. The largest absolute Gasteiger partial charge is 0.0984 e. The molecule has 16 heavy (non-hydrogen) atoms. The summed E-state index contributed by atoms with van der Waals surface area (Å²) in [5, 5.41) is 0. The number of aryl methyl sites for hydroxylation is 1. The molecular formula is C16H20. The molecule has 1 aliphatic rings. The van der Waals surface area contributed by atoms with Crippen LogP contribution in [0.4, 0.5) is 0 Å². The van der Waals surface area contributed by atoms with Gasteiger partial charge in [0.05, 0.1) is 0 Å². The SMILES string of the molecule is C=Cc1c(C)cc2c(c1CCC)CCC=C2. The summed E-state index contributed by atoms with van der Waals surface area (Å²) < 4.78 is 0. The van der Waals surface area contributed by atoms with E-state index >= 15 is 0 Å². The van der Waals surface area contributed by atoms with Gasteiger partial charge in [0.1, 0.15) is 0 Å². The molecule has 0 saturated carbocycles. The first-order chi connectivity index (χ1) is 7.77. The summed E-state index contributed by atoms with van der Waals surface area (Å²) in [6.45, 7) is 8.41. The van der Waals surface area contributed by atoms with Crippen LogP contribution in [0.1, 0.15) is 47.6 Å². The van der Waals surface area contributed by atoms with Gasteiger partial charge in [-0.15, -0.1) is 0 Å². The predicted molar refractivity (Wildman–Crippen MR) is 72.6 cm³/mol. The Kier molecular flexibility index (Phi) is 3.28. The Labute approximate surface area is 98.7 Å². The van der Waals surface area contributed by atoms with E-state index in [1.165, 1.54) is 47.9 Å². The fourth-order valence-electron chi connectivity index (χ4n) is 2.67. The molecule has 0 bridgehead atoms. The Hall–Kier alpha value is -1.30. The highest BCUT2D eigenvalue weighted by molar-refractivity contribution is 5.67. The van der Waals surface area contributed by atoms with Crippen LogP contribution in [0, 0.1) is 6.92 Å². The summed E-state index contributed by atoms with van der Waals surface area (Å²) in [5.41, 5.74) is 7.26. The van der Waals surface area contributed by atoms with Crippen molar-refractivity contribution in [2.75, 3.05) is 0 Å². The van der Waals surface area contributed by atoms with Crippen LogP contribution in [0.5, 0.6) is 0 Å². The third-order valence-electron chi connectivity index (χ3n) is 3.40. The maximum absolute atomic E-state index is 3.97. The maximum Gasteiger partial charge on any atom is -0.0198 e. The summed E-state index contributed by atoms with van der Waals surface area (Å²) in [7, 11) is 0. The van der Waals surface area contributed by atoms with Gasteiger partial charge in [-0.25, -0.2) is 0 Å². The molecule has 0 spiro atoms. The van der Waals surface area contributed by atoms with E-state index in [0.717, 1.165) is 0 Å². The maximum atomic E-state index is 3.97. The molecule has 0 aromatic heterocycles. The Morgan fingerprint density at radius 2 is 2.25 bits per heavy atom. The van der Waals surface area contributed by atoms with Crippen molar-refractivity contribution < 1.29 is 0 Å². The van der Waals surface area contributed by atoms with E-state index in [2.05, 4.69) is 38.6 Å². The second kappa shape index (κ2) is 4.69. The third kappa shape index (κ3) is 1.84. The molecular weight excluding hydrogens is 192 g/mol. The average molecular weight is 212 g/mol. The van der Waals surface area contributed by atoms with Crippen LogP contribution in [-0.2, 0) is 12.8 Å². The van der Waals surface area contributed by atoms with Crippen LogP contribution in [0.25, 0.3) is 12.2 Å². The van der Waals surface area contributed by atoms with E-state index in [0.29, 0.717) is 0 Å². The molecule has 0 saturated heterocycles. The first-order valence-electron chi connectivity index (χ1n) is 6.22. The second-order valence-corrected chi connectivity index (χ2v) is 4.55. The summed E-state index contributed by atoms with van der Waals surface area (Å²) in [4.78, 5) is 0. The first-order valence-corrected chi connectivity index (χ1v) is 6.22. The zero-order valence-corrected chi connectivity index (χ0v) is 10.3. The lowest BCUT2D eigenvalue weighted by Gasteiger charge is -2.20. The van der Waals surface area contributed by atoms with Crippen LogP contribution >= 0.6 is 0 Å². The summed E-state index contributed by atoms with van der Waals surface area (Å²) in [6.07, 6.45) is 11.4. The molecule has 84 valence electrons. The van der Waals surface area contributed by atoms with E-state index in [9.17, 15) is 0 Å². The summed E-state index contributed by atoms with van der Waals surface area (Å²) in [6, 6.07) is 2.31. The van der Waals surface area contributed by atoms with Gasteiger partial charge in [0.2, 0.25) is 0 Å². The molecule has 0 aliphatic heterocycles. The minimum Gasteiger partial charge on any atom is -0.0984 e. The van der Waals surface area contributed by atoms with Gasteiger partial charge in [0.15, 0.2) is 0 Å². The molecule has 0 radical (unpaired) electrons. The first kappa shape index (κ1) is 11.2. The lowest BCUT2D eigenvalue weighted by molar-refractivity contribution is 0.873.